The van der Waals surface area contributed by atoms with Gasteiger partial charge in [0.2, 0.25) is 0 Å². The zero-order valence-electron chi connectivity index (χ0n) is 11.6. The van der Waals surface area contributed by atoms with Crippen molar-refractivity contribution >= 4 is 0 Å². The van der Waals surface area contributed by atoms with Gasteiger partial charge in [-0.05, 0) is 55.1 Å². The molecule has 1 atom stereocenters. The Hall–Kier alpha value is -1.87. The predicted molar refractivity (Wildman–Crippen MR) is 79.9 cm³/mol. The van der Waals surface area contributed by atoms with Crippen LogP contribution in [0.1, 0.15) is 30.0 Å². The van der Waals surface area contributed by atoms with Crippen LogP contribution in [0.25, 0.3) is 0 Å². The van der Waals surface area contributed by atoms with Crippen LogP contribution >= 0.6 is 0 Å². The van der Waals surface area contributed by atoms with Crippen molar-refractivity contribution in [3.05, 3.63) is 59.9 Å². The summed E-state index contributed by atoms with van der Waals surface area (Å²) in [5.74, 6) is 1.54. The highest BCUT2D eigenvalue weighted by molar-refractivity contribution is 5.31. The van der Waals surface area contributed by atoms with Crippen molar-refractivity contribution in [2.75, 3.05) is 13.1 Å². The largest absolute Gasteiger partial charge is 0.487 e. The fourth-order valence-corrected chi connectivity index (χ4v) is 2.64. The first-order valence-corrected chi connectivity index (χ1v) is 7.25. The maximum atomic E-state index is 5.84. The molecule has 104 valence electrons. The minimum atomic E-state index is 0.521. The average Bonchev–Trinajstić information content (AvgIpc) is 2.55. The van der Waals surface area contributed by atoms with Crippen LogP contribution < -0.4 is 10.1 Å². The molecular formula is C17H20N2O. The average molecular weight is 268 g/mol. The molecule has 2 heterocycles. The lowest BCUT2D eigenvalue weighted by Crippen LogP contribution is -2.28. The molecular weight excluding hydrogens is 248 g/mol. The summed E-state index contributed by atoms with van der Waals surface area (Å²) >= 11 is 0. The fraction of sp³-hybridized carbons (Fsp3) is 0.353. The van der Waals surface area contributed by atoms with Crippen molar-refractivity contribution < 1.29 is 4.74 Å². The number of hydrogen-bond donors (Lipinski definition) is 1. The van der Waals surface area contributed by atoms with Crippen LogP contribution in [0.5, 0.6) is 5.75 Å². The first-order chi connectivity index (χ1) is 9.92. The van der Waals surface area contributed by atoms with E-state index < -0.39 is 0 Å². The van der Waals surface area contributed by atoms with Gasteiger partial charge in [0, 0.05) is 12.7 Å². The van der Waals surface area contributed by atoms with Crippen molar-refractivity contribution in [3.63, 3.8) is 0 Å². The normalized spacial score (nSPS) is 18.7. The molecule has 1 unspecified atom stereocenters. The zero-order valence-corrected chi connectivity index (χ0v) is 11.6. The Labute approximate surface area is 120 Å². The van der Waals surface area contributed by atoms with Crippen molar-refractivity contribution in [2.24, 2.45) is 0 Å². The number of pyridine rings is 1. The summed E-state index contributed by atoms with van der Waals surface area (Å²) in [7, 11) is 0. The van der Waals surface area contributed by atoms with Crippen LogP contribution in [0.15, 0.2) is 48.7 Å². The highest BCUT2D eigenvalue weighted by Gasteiger charge is 2.15. The lowest BCUT2D eigenvalue weighted by atomic mass is 9.92. The molecule has 1 fully saturated rings. The van der Waals surface area contributed by atoms with Crippen LogP contribution in [-0.4, -0.2) is 18.1 Å². The van der Waals surface area contributed by atoms with Gasteiger partial charge in [-0.15, -0.1) is 0 Å². The van der Waals surface area contributed by atoms with Crippen LogP contribution in [-0.2, 0) is 6.61 Å². The molecule has 20 heavy (non-hydrogen) atoms. The minimum absolute atomic E-state index is 0.521. The third-order valence-corrected chi connectivity index (χ3v) is 3.74. The number of rotatable bonds is 4. The zero-order chi connectivity index (χ0) is 13.6. The molecule has 3 nitrogen and oxygen atoms in total. The van der Waals surface area contributed by atoms with Gasteiger partial charge in [0.25, 0.3) is 0 Å². The highest BCUT2D eigenvalue weighted by Crippen LogP contribution is 2.26. The summed E-state index contributed by atoms with van der Waals surface area (Å²) in [5, 5.41) is 3.46. The second-order valence-corrected chi connectivity index (χ2v) is 5.23. The van der Waals surface area contributed by atoms with Crippen molar-refractivity contribution in [1.29, 1.82) is 0 Å². The van der Waals surface area contributed by atoms with E-state index in [1.54, 1.807) is 6.20 Å². The van der Waals surface area contributed by atoms with Crippen LogP contribution in [0, 0.1) is 0 Å². The molecule has 3 heteroatoms. The molecule has 3 rings (SSSR count). The van der Waals surface area contributed by atoms with Gasteiger partial charge in [-0.25, -0.2) is 0 Å². The van der Waals surface area contributed by atoms with E-state index in [0.717, 1.165) is 24.5 Å². The van der Waals surface area contributed by atoms with Gasteiger partial charge in [-0.2, -0.15) is 0 Å². The molecule has 0 saturated carbocycles. The molecule has 0 aliphatic carbocycles. The summed E-state index contributed by atoms with van der Waals surface area (Å²) in [4.78, 5) is 4.27. The number of ether oxygens (including phenoxy) is 1. The molecule has 0 radical (unpaired) electrons. The summed E-state index contributed by atoms with van der Waals surface area (Å²) in [6.07, 6.45) is 4.31. The smallest absolute Gasteiger partial charge is 0.130 e. The monoisotopic (exact) mass is 268 g/mol. The van der Waals surface area contributed by atoms with Crippen molar-refractivity contribution in [2.45, 2.75) is 25.4 Å². The Kier molecular flexibility index (Phi) is 4.28. The van der Waals surface area contributed by atoms with E-state index in [9.17, 15) is 0 Å². The Bertz CT molecular complexity index is 536. The molecule has 0 bridgehead atoms. The number of benzene rings is 1. The van der Waals surface area contributed by atoms with Gasteiger partial charge >= 0.3 is 0 Å². The first-order valence-electron chi connectivity index (χ1n) is 7.25. The summed E-state index contributed by atoms with van der Waals surface area (Å²) in [6.45, 7) is 2.74. The van der Waals surface area contributed by atoms with Crippen molar-refractivity contribution in [3.8, 4) is 5.75 Å². The Morgan fingerprint density at radius 3 is 3.00 bits per heavy atom. The third-order valence-electron chi connectivity index (χ3n) is 3.74. The maximum Gasteiger partial charge on any atom is 0.130 e. The Morgan fingerprint density at radius 1 is 1.20 bits per heavy atom. The number of piperidine rings is 1. The Morgan fingerprint density at radius 2 is 2.20 bits per heavy atom. The summed E-state index contributed by atoms with van der Waals surface area (Å²) < 4.78 is 5.84. The quantitative estimate of drug-likeness (QED) is 0.925. The molecule has 1 saturated heterocycles. The molecule has 0 amide bonds. The molecule has 0 spiro atoms. The summed E-state index contributed by atoms with van der Waals surface area (Å²) in [5.41, 5.74) is 2.33. The number of nitrogens with zero attached hydrogens (tertiary/aromatic N) is 1. The Balaban J connectivity index is 1.65. The standard InChI is InChI=1S/C17H20N2O/c1-2-10-19-16(7-1)13-20-17-8-3-5-14(11-17)15-6-4-9-18-12-15/h1-3,5,7-8,10-11,15,18H,4,6,9,12-13H2. The van der Waals surface area contributed by atoms with E-state index >= 15 is 0 Å². The van der Waals surface area contributed by atoms with Gasteiger partial charge in [0.15, 0.2) is 0 Å². The first kappa shape index (κ1) is 13.1. The lowest BCUT2D eigenvalue weighted by Gasteiger charge is -2.23. The van der Waals surface area contributed by atoms with E-state index in [0.29, 0.717) is 12.5 Å². The van der Waals surface area contributed by atoms with Gasteiger partial charge in [0.1, 0.15) is 12.4 Å². The second-order valence-electron chi connectivity index (χ2n) is 5.23. The van der Waals surface area contributed by atoms with Crippen LogP contribution in [0.4, 0.5) is 0 Å². The van der Waals surface area contributed by atoms with Crippen LogP contribution in [0.2, 0.25) is 0 Å². The second kappa shape index (κ2) is 6.53. The van der Waals surface area contributed by atoms with Gasteiger partial charge in [-0.1, -0.05) is 18.2 Å². The highest BCUT2D eigenvalue weighted by atomic mass is 16.5. The van der Waals surface area contributed by atoms with Crippen LogP contribution in [0.3, 0.4) is 0 Å². The fourth-order valence-electron chi connectivity index (χ4n) is 2.64. The maximum absolute atomic E-state index is 5.84. The number of nitrogens with one attached hydrogen (secondary N) is 1. The minimum Gasteiger partial charge on any atom is -0.487 e. The molecule has 1 aromatic carbocycles. The molecule has 1 aliphatic heterocycles. The molecule has 1 aliphatic rings. The van der Waals surface area contributed by atoms with Gasteiger partial charge in [-0.3, -0.25) is 4.98 Å². The lowest BCUT2D eigenvalue weighted by molar-refractivity contribution is 0.300. The summed E-state index contributed by atoms with van der Waals surface area (Å²) in [6, 6.07) is 14.3. The predicted octanol–water partition coefficient (Wildman–Crippen LogP) is 3.13. The van der Waals surface area contributed by atoms with E-state index in [2.05, 4.69) is 28.5 Å². The number of hydrogen-bond acceptors (Lipinski definition) is 3. The van der Waals surface area contributed by atoms with Gasteiger partial charge < -0.3 is 10.1 Å². The number of aromatic nitrogens is 1. The van der Waals surface area contributed by atoms with E-state index in [-0.39, 0.29) is 0 Å². The SMILES string of the molecule is c1ccc(COc2cccc(C3CCCNC3)c2)nc1. The topological polar surface area (TPSA) is 34.1 Å². The van der Waals surface area contributed by atoms with E-state index in [1.807, 2.05) is 24.3 Å². The third kappa shape index (κ3) is 3.36. The molecule has 1 aromatic heterocycles. The molecule has 1 N–H and O–H groups in total. The van der Waals surface area contributed by atoms with Crippen molar-refractivity contribution in [1.82, 2.24) is 10.3 Å². The molecule has 2 aromatic rings. The van der Waals surface area contributed by atoms with E-state index in [4.69, 9.17) is 4.74 Å². The van der Waals surface area contributed by atoms with Gasteiger partial charge in [0.05, 0.1) is 5.69 Å². The van der Waals surface area contributed by atoms with E-state index in [1.165, 1.54) is 18.4 Å².